The molecule has 8 heteroatoms. The van der Waals surface area contributed by atoms with Crippen molar-refractivity contribution in [2.75, 3.05) is 5.32 Å². The average molecular weight is 464 g/mol. The highest BCUT2D eigenvalue weighted by Crippen LogP contribution is 2.25. The van der Waals surface area contributed by atoms with E-state index < -0.39 is 10.0 Å². The number of rotatable bonds is 7. The third kappa shape index (κ3) is 4.72. The van der Waals surface area contributed by atoms with Gasteiger partial charge in [0.05, 0.1) is 20.1 Å². The van der Waals surface area contributed by atoms with Gasteiger partial charge >= 0.3 is 0 Å². The number of amides is 1. The van der Waals surface area contributed by atoms with Crippen molar-refractivity contribution in [3.05, 3.63) is 88.9 Å². The zero-order chi connectivity index (χ0) is 22.1. The molecule has 1 amide bonds. The Labute approximate surface area is 190 Å². The lowest BCUT2D eigenvalue weighted by Gasteiger charge is -2.08. The van der Waals surface area contributed by atoms with E-state index in [1.54, 1.807) is 11.3 Å². The molecule has 1 heterocycles. The number of hydrogen-bond acceptors (Lipinski definition) is 5. The van der Waals surface area contributed by atoms with Crippen LogP contribution in [0.3, 0.4) is 0 Å². The summed E-state index contributed by atoms with van der Waals surface area (Å²) in [6, 6.07) is 21.8. The molecule has 1 saturated carbocycles. The molecule has 0 aliphatic heterocycles. The molecule has 4 aromatic rings. The predicted molar refractivity (Wildman–Crippen MR) is 127 cm³/mol. The summed E-state index contributed by atoms with van der Waals surface area (Å²) in [7, 11) is -3.52. The summed E-state index contributed by atoms with van der Waals surface area (Å²) >= 11 is 1.69. The molecule has 0 radical (unpaired) electrons. The first kappa shape index (κ1) is 20.8. The second kappa shape index (κ2) is 8.46. The van der Waals surface area contributed by atoms with Crippen molar-refractivity contribution < 1.29 is 13.2 Å². The van der Waals surface area contributed by atoms with Gasteiger partial charge in [0.1, 0.15) is 0 Å². The lowest BCUT2D eigenvalue weighted by atomic mass is 10.1. The number of fused-ring (bicyclic) bond motifs is 1. The van der Waals surface area contributed by atoms with E-state index in [0.717, 1.165) is 35.4 Å². The number of hydrogen-bond donors (Lipinski definition) is 2. The van der Waals surface area contributed by atoms with Crippen LogP contribution in [0.5, 0.6) is 0 Å². The topological polar surface area (TPSA) is 88.2 Å². The number of benzene rings is 3. The van der Waals surface area contributed by atoms with Gasteiger partial charge in [0.2, 0.25) is 10.0 Å². The van der Waals surface area contributed by atoms with Crippen molar-refractivity contribution in [1.29, 1.82) is 0 Å². The van der Waals surface area contributed by atoms with Crippen molar-refractivity contribution in [3.8, 4) is 0 Å². The van der Waals surface area contributed by atoms with Gasteiger partial charge in [-0.25, -0.2) is 18.1 Å². The number of nitrogens with one attached hydrogen (secondary N) is 2. The summed E-state index contributed by atoms with van der Waals surface area (Å²) in [4.78, 5) is 17.4. The molecular weight excluding hydrogens is 442 g/mol. The van der Waals surface area contributed by atoms with E-state index in [9.17, 15) is 13.2 Å². The molecule has 3 aromatic carbocycles. The van der Waals surface area contributed by atoms with E-state index in [0.29, 0.717) is 11.3 Å². The molecule has 0 saturated heterocycles. The van der Waals surface area contributed by atoms with E-state index in [1.807, 2.05) is 42.5 Å². The summed E-state index contributed by atoms with van der Waals surface area (Å²) in [5, 5.41) is 3.90. The Kier molecular flexibility index (Phi) is 5.50. The fourth-order valence-corrected chi connectivity index (χ4v) is 5.66. The van der Waals surface area contributed by atoms with Crippen LogP contribution >= 0.6 is 11.3 Å². The summed E-state index contributed by atoms with van der Waals surface area (Å²) < 4.78 is 28.3. The number of thiazole rings is 1. The van der Waals surface area contributed by atoms with Gasteiger partial charge in [-0.05, 0) is 66.9 Å². The smallest absolute Gasteiger partial charge is 0.255 e. The van der Waals surface area contributed by atoms with Gasteiger partial charge in [0.25, 0.3) is 5.91 Å². The van der Waals surface area contributed by atoms with Gasteiger partial charge in [0, 0.05) is 23.7 Å². The SMILES string of the molecule is O=C(Nc1ccc(Cc2nc3ccccc3s2)cc1)c1ccc(S(=O)(=O)NC2CC2)cc1. The molecule has 1 aliphatic rings. The summed E-state index contributed by atoms with van der Waals surface area (Å²) in [5.41, 5.74) is 3.20. The number of anilines is 1. The molecule has 5 rings (SSSR count). The molecule has 1 fully saturated rings. The van der Waals surface area contributed by atoms with E-state index in [2.05, 4.69) is 21.1 Å². The van der Waals surface area contributed by atoms with E-state index >= 15 is 0 Å². The Hall–Kier alpha value is -3.07. The van der Waals surface area contributed by atoms with Crippen LogP contribution in [-0.2, 0) is 16.4 Å². The third-order valence-corrected chi connectivity index (χ3v) is 7.80. The molecule has 0 bridgehead atoms. The van der Waals surface area contributed by atoms with Crippen LogP contribution in [0.25, 0.3) is 10.2 Å². The highest BCUT2D eigenvalue weighted by atomic mass is 32.2. The quantitative estimate of drug-likeness (QED) is 0.420. The minimum absolute atomic E-state index is 0.0422. The van der Waals surface area contributed by atoms with Crippen molar-refractivity contribution >= 4 is 43.2 Å². The Morgan fingerprint density at radius 1 is 0.969 bits per heavy atom. The number of sulfonamides is 1. The highest BCUT2D eigenvalue weighted by Gasteiger charge is 2.28. The molecule has 162 valence electrons. The van der Waals surface area contributed by atoms with E-state index in [-0.39, 0.29) is 16.8 Å². The number of para-hydroxylation sites is 1. The molecule has 0 spiro atoms. The fraction of sp³-hybridized carbons (Fsp3) is 0.167. The Morgan fingerprint density at radius 2 is 1.69 bits per heavy atom. The van der Waals surface area contributed by atoms with Gasteiger partial charge in [-0.15, -0.1) is 11.3 Å². The first-order chi connectivity index (χ1) is 15.5. The van der Waals surface area contributed by atoms with Crippen molar-refractivity contribution in [2.24, 2.45) is 0 Å². The molecule has 2 N–H and O–H groups in total. The zero-order valence-electron chi connectivity index (χ0n) is 17.1. The molecular formula is C24H21N3O3S2. The molecule has 1 aliphatic carbocycles. The van der Waals surface area contributed by atoms with Crippen molar-refractivity contribution in [2.45, 2.75) is 30.2 Å². The first-order valence-electron chi connectivity index (χ1n) is 10.3. The number of aromatic nitrogens is 1. The number of carbonyl (C=O) groups excluding carboxylic acids is 1. The lowest BCUT2D eigenvalue weighted by molar-refractivity contribution is 0.102. The van der Waals surface area contributed by atoms with Crippen LogP contribution < -0.4 is 10.0 Å². The van der Waals surface area contributed by atoms with Crippen molar-refractivity contribution in [1.82, 2.24) is 9.71 Å². The highest BCUT2D eigenvalue weighted by molar-refractivity contribution is 7.89. The van der Waals surface area contributed by atoms with Crippen LogP contribution in [0.4, 0.5) is 5.69 Å². The van der Waals surface area contributed by atoms with Gasteiger partial charge in [0.15, 0.2) is 0 Å². The summed E-state index contributed by atoms with van der Waals surface area (Å²) in [5.74, 6) is -0.289. The predicted octanol–water partition coefficient (Wildman–Crippen LogP) is 4.58. The number of nitrogens with zero attached hydrogens (tertiary/aromatic N) is 1. The first-order valence-corrected chi connectivity index (χ1v) is 12.6. The average Bonchev–Trinajstić information content (AvgIpc) is 3.50. The Bertz CT molecular complexity index is 1340. The molecule has 6 nitrogen and oxygen atoms in total. The Morgan fingerprint density at radius 3 is 2.38 bits per heavy atom. The maximum absolute atomic E-state index is 12.6. The van der Waals surface area contributed by atoms with E-state index in [4.69, 9.17) is 0 Å². The monoisotopic (exact) mass is 463 g/mol. The lowest BCUT2D eigenvalue weighted by Crippen LogP contribution is -2.25. The fourth-order valence-electron chi connectivity index (χ4n) is 3.35. The number of carbonyl (C=O) groups is 1. The Balaban J connectivity index is 1.22. The molecule has 0 atom stereocenters. The van der Waals surface area contributed by atoms with Crippen LogP contribution in [0, 0.1) is 0 Å². The van der Waals surface area contributed by atoms with Crippen LogP contribution in [0.1, 0.15) is 33.8 Å². The maximum Gasteiger partial charge on any atom is 0.255 e. The van der Waals surface area contributed by atoms with E-state index in [1.165, 1.54) is 29.0 Å². The second-order valence-electron chi connectivity index (χ2n) is 7.82. The van der Waals surface area contributed by atoms with Crippen LogP contribution in [-0.4, -0.2) is 25.4 Å². The summed E-state index contributed by atoms with van der Waals surface area (Å²) in [6.07, 6.45) is 2.48. The normalized spacial score (nSPS) is 13.9. The maximum atomic E-state index is 12.6. The zero-order valence-corrected chi connectivity index (χ0v) is 18.7. The van der Waals surface area contributed by atoms with Crippen molar-refractivity contribution in [3.63, 3.8) is 0 Å². The van der Waals surface area contributed by atoms with Gasteiger partial charge in [-0.2, -0.15) is 0 Å². The molecule has 32 heavy (non-hydrogen) atoms. The molecule has 1 aromatic heterocycles. The standard InChI is InChI=1S/C24H21N3O3S2/c28-24(17-7-13-20(14-8-17)32(29,30)27-19-11-12-19)25-18-9-5-16(6-10-18)15-23-26-21-3-1-2-4-22(21)31-23/h1-10,13-14,19,27H,11-12,15H2,(H,25,28). The minimum Gasteiger partial charge on any atom is -0.322 e. The van der Waals surface area contributed by atoms with Gasteiger partial charge in [-0.1, -0.05) is 24.3 Å². The largest absolute Gasteiger partial charge is 0.322 e. The third-order valence-electron chi connectivity index (χ3n) is 5.23. The van der Waals surface area contributed by atoms with Gasteiger partial charge < -0.3 is 5.32 Å². The summed E-state index contributed by atoms with van der Waals surface area (Å²) in [6.45, 7) is 0. The molecule has 0 unspecified atom stereocenters. The minimum atomic E-state index is -3.52. The second-order valence-corrected chi connectivity index (χ2v) is 10.7. The van der Waals surface area contributed by atoms with Crippen LogP contribution in [0.2, 0.25) is 0 Å². The van der Waals surface area contributed by atoms with Gasteiger partial charge in [-0.3, -0.25) is 4.79 Å². The van der Waals surface area contributed by atoms with Crippen LogP contribution in [0.15, 0.2) is 77.7 Å².